The Bertz CT molecular complexity index is 1210. The number of methoxy groups -OCH3 is 1. The molecule has 0 spiro atoms. The number of benzene rings is 1. The van der Waals surface area contributed by atoms with Crippen LogP contribution in [-0.2, 0) is 25.4 Å². The number of rotatable bonds is 7. The maximum Gasteiger partial charge on any atom is 0.332 e. The van der Waals surface area contributed by atoms with E-state index in [9.17, 15) is 14.7 Å². The van der Waals surface area contributed by atoms with E-state index in [0.717, 1.165) is 4.57 Å². The fraction of sp³-hybridized carbons (Fsp3) is 0.476. The number of aliphatic hydroxyl groups is 1. The van der Waals surface area contributed by atoms with Crippen molar-refractivity contribution in [2.75, 3.05) is 44.9 Å². The highest BCUT2D eigenvalue weighted by atomic mass is 16.5. The first-order valence-electron chi connectivity index (χ1n) is 10.3. The second kappa shape index (κ2) is 9.05. The highest BCUT2D eigenvalue weighted by molar-refractivity contribution is 5.74. The molecule has 1 N–H and O–H groups in total. The molecule has 0 saturated carbocycles. The van der Waals surface area contributed by atoms with Crippen molar-refractivity contribution in [1.29, 1.82) is 0 Å². The first kappa shape index (κ1) is 21.9. The number of aliphatic hydroxyl groups excluding tert-OH is 1. The maximum atomic E-state index is 13.0. The summed E-state index contributed by atoms with van der Waals surface area (Å²) in [7, 11) is 4.59. The molecule has 0 amide bonds. The molecule has 172 valence electrons. The number of aryl methyl sites for hydroxylation is 1. The summed E-state index contributed by atoms with van der Waals surface area (Å²) in [5.74, 6) is 1.82. The third-order valence-corrected chi connectivity index (χ3v) is 5.52. The summed E-state index contributed by atoms with van der Waals surface area (Å²) in [6.07, 6.45) is -0.920. The summed E-state index contributed by atoms with van der Waals surface area (Å²) < 4.78 is 20.3. The number of morpholine rings is 1. The fourth-order valence-corrected chi connectivity index (χ4v) is 3.74. The van der Waals surface area contributed by atoms with Crippen LogP contribution >= 0.6 is 0 Å². The van der Waals surface area contributed by atoms with Crippen LogP contribution in [-0.4, -0.2) is 69.9 Å². The van der Waals surface area contributed by atoms with Crippen LogP contribution in [0.2, 0.25) is 0 Å². The number of ether oxygens (including phenoxy) is 3. The molecule has 11 heteroatoms. The van der Waals surface area contributed by atoms with Gasteiger partial charge < -0.3 is 28.8 Å². The van der Waals surface area contributed by atoms with Gasteiger partial charge in [-0.15, -0.1) is 0 Å². The van der Waals surface area contributed by atoms with Crippen molar-refractivity contribution in [3.8, 4) is 11.5 Å². The van der Waals surface area contributed by atoms with Gasteiger partial charge in [-0.3, -0.25) is 13.9 Å². The van der Waals surface area contributed by atoms with Gasteiger partial charge in [0.15, 0.2) is 11.2 Å². The quantitative estimate of drug-likeness (QED) is 0.528. The van der Waals surface area contributed by atoms with Crippen LogP contribution in [0.15, 0.2) is 33.9 Å². The summed E-state index contributed by atoms with van der Waals surface area (Å²) in [5.41, 5.74) is -0.370. The molecular weight excluding hydrogens is 418 g/mol. The second-order valence-electron chi connectivity index (χ2n) is 7.64. The lowest BCUT2D eigenvalue weighted by Gasteiger charge is -2.28. The first-order valence-corrected chi connectivity index (χ1v) is 10.3. The molecule has 1 aliphatic rings. The van der Waals surface area contributed by atoms with Gasteiger partial charge in [0.05, 0.1) is 26.9 Å². The molecule has 1 fully saturated rings. The number of imidazole rings is 1. The van der Waals surface area contributed by atoms with Gasteiger partial charge in [-0.1, -0.05) is 0 Å². The van der Waals surface area contributed by atoms with Crippen molar-refractivity contribution < 1.29 is 19.3 Å². The molecule has 4 rings (SSSR count). The lowest BCUT2D eigenvalue weighted by Crippen LogP contribution is -2.39. The molecule has 3 aromatic rings. The largest absolute Gasteiger partial charge is 0.497 e. The van der Waals surface area contributed by atoms with Crippen molar-refractivity contribution in [2.45, 2.75) is 12.6 Å². The number of nitrogens with zero attached hydrogens (tertiary/aromatic N) is 5. The molecule has 1 aliphatic heterocycles. The Balaban J connectivity index is 1.66. The van der Waals surface area contributed by atoms with Crippen molar-refractivity contribution in [1.82, 2.24) is 18.7 Å². The van der Waals surface area contributed by atoms with Gasteiger partial charge in [0.25, 0.3) is 5.56 Å². The summed E-state index contributed by atoms with van der Waals surface area (Å²) >= 11 is 0. The average Bonchev–Trinajstić information content (AvgIpc) is 3.20. The number of hydrogen-bond acceptors (Lipinski definition) is 8. The van der Waals surface area contributed by atoms with Gasteiger partial charge in [0, 0.05) is 27.2 Å². The summed E-state index contributed by atoms with van der Waals surface area (Å²) in [5, 5.41) is 10.7. The topological polar surface area (TPSA) is 113 Å². The van der Waals surface area contributed by atoms with Crippen molar-refractivity contribution >= 4 is 17.1 Å². The van der Waals surface area contributed by atoms with E-state index in [0.29, 0.717) is 43.8 Å². The third-order valence-electron chi connectivity index (χ3n) is 5.52. The van der Waals surface area contributed by atoms with Crippen LogP contribution in [0.25, 0.3) is 11.2 Å². The van der Waals surface area contributed by atoms with Crippen LogP contribution in [0.3, 0.4) is 0 Å². The number of aromatic nitrogens is 4. The molecule has 32 heavy (non-hydrogen) atoms. The minimum absolute atomic E-state index is 0.0145. The Labute approximate surface area is 184 Å². The maximum absolute atomic E-state index is 13.0. The standard InChI is InChI=1S/C21H27N5O6/c1-23-18-17(19(28)24(2)21(23)29)26(20(22-18)25-8-10-31-11-9-25)12-14(27)13-32-16-6-4-15(30-3)5-7-16/h4-7,14,27H,8-13H2,1-3H3/t14-/m1/s1. The van der Waals surface area contributed by atoms with Gasteiger partial charge >= 0.3 is 5.69 Å². The van der Waals surface area contributed by atoms with Crippen molar-refractivity contribution in [3.05, 3.63) is 45.1 Å². The Kier molecular flexibility index (Phi) is 6.19. The van der Waals surface area contributed by atoms with Crippen LogP contribution in [0.1, 0.15) is 0 Å². The normalized spacial score (nSPS) is 15.2. The fourth-order valence-electron chi connectivity index (χ4n) is 3.74. The molecule has 0 aliphatic carbocycles. The lowest BCUT2D eigenvalue weighted by atomic mass is 10.3. The highest BCUT2D eigenvalue weighted by Gasteiger charge is 2.25. The van der Waals surface area contributed by atoms with Gasteiger partial charge in [-0.05, 0) is 24.3 Å². The van der Waals surface area contributed by atoms with Crippen LogP contribution in [0.4, 0.5) is 5.95 Å². The van der Waals surface area contributed by atoms with E-state index in [-0.39, 0.29) is 24.3 Å². The first-order chi connectivity index (χ1) is 15.4. The van der Waals surface area contributed by atoms with Gasteiger partial charge in [-0.25, -0.2) is 4.79 Å². The molecule has 2 aromatic heterocycles. The number of hydrogen-bond donors (Lipinski definition) is 1. The zero-order valence-corrected chi connectivity index (χ0v) is 18.4. The molecule has 1 saturated heterocycles. The zero-order chi connectivity index (χ0) is 22.8. The Hall–Kier alpha value is -3.31. The predicted octanol–water partition coefficient (Wildman–Crippen LogP) is -0.281. The molecule has 1 aromatic carbocycles. The molecule has 0 radical (unpaired) electrons. The van der Waals surface area contributed by atoms with Gasteiger partial charge in [-0.2, -0.15) is 4.98 Å². The van der Waals surface area contributed by atoms with E-state index in [2.05, 4.69) is 4.98 Å². The molecule has 1 atom stereocenters. The average molecular weight is 445 g/mol. The van der Waals surface area contributed by atoms with E-state index in [4.69, 9.17) is 14.2 Å². The third kappa shape index (κ3) is 4.08. The number of anilines is 1. The molecule has 3 heterocycles. The Morgan fingerprint density at radius 2 is 1.75 bits per heavy atom. The highest BCUT2D eigenvalue weighted by Crippen LogP contribution is 2.22. The molecule has 0 unspecified atom stereocenters. The Morgan fingerprint density at radius 3 is 2.41 bits per heavy atom. The van der Waals surface area contributed by atoms with Gasteiger partial charge in [0.1, 0.15) is 24.2 Å². The van der Waals surface area contributed by atoms with E-state index in [1.165, 1.54) is 11.6 Å². The van der Waals surface area contributed by atoms with Crippen LogP contribution < -0.4 is 25.6 Å². The zero-order valence-electron chi connectivity index (χ0n) is 18.4. The van der Waals surface area contributed by atoms with E-state index < -0.39 is 17.4 Å². The number of fused-ring (bicyclic) bond motifs is 1. The molecule has 11 nitrogen and oxygen atoms in total. The second-order valence-corrected chi connectivity index (χ2v) is 7.64. The smallest absolute Gasteiger partial charge is 0.332 e. The summed E-state index contributed by atoms with van der Waals surface area (Å²) in [6.45, 7) is 2.34. The van der Waals surface area contributed by atoms with Crippen LogP contribution in [0.5, 0.6) is 11.5 Å². The van der Waals surface area contributed by atoms with E-state index in [1.54, 1.807) is 43.0 Å². The van der Waals surface area contributed by atoms with Crippen molar-refractivity contribution in [2.24, 2.45) is 14.1 Å². The SMILES string of the molecule is COc1ccc(OC[C@H](O)Cn2c(N3CCOCC3)nc3c2c(=O)n(C)c(=O)n3C)cc1. The van der Waals surface area contributed by atoms with E-state index >= 15 is 0 Å². The molecule has 0 bridgehead atoms. The van der Waals surface area contributed by atoms with Gasteiger partial charge in [0.2, 0.25) is 5.95 Å². The monoisotopic (exact) mass is 445 g/mol. The minimum atomic E-state index is -0.920. The van der Waals surface area contributed by atoms with Crippen LogP contribution in [0, 0.1) is 0 Å². The van der Waals surface area contributed by atoms with Crippen molar-refractivity contribution in [3.63, 3.8) is 0 Å². The summed E-state index contributed by atoms with van der Waals surface area (Å²) in [4.78, 5) is 31.9. The Morgan fingerprint density at radius 1 is 1.09 bits per heavy atom. The minimum Gasteiger partial charge on any atom is -0.497 e. The summed E-state index contributed by atoms with van der Waals surface area (Å²) in [6, 6.07) is 7.05. The molecular formula is C21H27N5O6. The predicted molar refractivity (Wildman–Crippen MR) is 118 cm³/mol. The lowest BCUT2D eigenvalue weighted by molar-refractivity contribution is 0.0927. The van der Waals surface area contributed by atoms with E-state index in [1.807, 2.05) is 4.90 Å².